The first-order chi connectivity index (χ1) is 10.1. The summed E-state index contributed by atoms with van der Waals surface area (Å²) in [5.41, 5.74) is 2.32. The van der Waals surface area contributed by atoms with Crippen LogP contribution in [-0.2, 0) is 16.6 Å². The highest BCUT2D eigenvalue weighted by Gasteiger charge is 2.08. The lowest BCUT2D eigenvalue weighted by Gasteiger charge is -2.09. The van der Waals surface area contributed by atoms with Crippen molar-refractivity contribution in [2.24, 2.45) is 0 Å². The minimum atomic E-state index is -0.950. The van der Waals surface area contributed by atoms with Gasteiger partial charge in [-0.05, 0) is 23.8 Å². The van der Waals surface area contributed by atoms with Crippen molar-refractivity contribution in [3.63, 3.8) is 0 Å². The number of hydrogen-bond acceptors (Lipinski definition) is 5. The van der Waals surface area contributed by atoms with Crippen LogP contribution >= 0.6 is 11.6 Å². The zero-order chi connectivity index (χ0) is 14.8. The summed E-state index contributed by atoms with van der Waals surface area (Å²) in [6.45, 7) is 0. The second-order valence-electron chi connectivity index (χ2n) is 4.50. The van der Waals surface area contributed by atoms with Crippen LogP contribution in [0.4, 0.5) is 11.5 Å². The Hall–Kier alpha value is -1.99. The molecule has 0 radical (unpaired) electrons. The van der Waals surface area contributed by atoms with E-state index in [-0.39, 0.29) is 0 Å². The zero-order valence-electron chi connectivity index (χ0n) is 11.1. The Labute approximate surface area is 128 Å². The van der Waals surface area contributed by atoms with Gasteiger partial charge in [0.1, 0.15) is 12.1 Å². The Bertz CT molecular complexity index is 819. The Morgan fingerprint density at radius 1 is 1.38 bits per heavy atom. The van der Waals surface area contributed by atoms with E-state index in [1.165, 1.54) is 6.33 Å². The molecule has 0 aliphatic rings. The third-order valence-electron chi connectivity index (χ3n) is 2.92. The van der Waals surface area contributed by atoms with Crippen molar-refractivity contribution in [3.05, 3.63) is 41.3 Å². The van der Waals surface area contributed by atoms with Gasteiger partial charge in [-0.3, -0.25) is 9.31 Å². The SMILES string of the molecule is CS(=O)Cc1cc(Nc2ncnc3[nH]ncc23)ccc1Cl. The van der Waals surface area contributed by atoms with Gasteiger partial charge in [0.05, 0.1) is 11.6 Å². The average molecular weight is 322 g/mol. The van der Waals surface area contributed by atoms with Crippen molar-refractivity contribution in [3.8, 4) is 0 Å². The highest BCUT2D eigenvalue weighted by atomic mass is 35.5. The fourth-order valence-corrected chi connectivity index (χ4v) is 2.92. The summed E-state index contributed by atoms with van der Waals surface area (Å²) in [6.07, 6.45) is 4.77. The number of hydrogen-bond donors (Lipinski definition) is 2. The summed E-state index contributed by atoms with van der Waals surface area (Å²) in [6, 6.07) is 5.50. The molecule has 0 aliphatic carbocycles. The summed E-state index contributed by atoms with van der Waals surface area (Å²) in [5, 5.41) is 11.3. The Morgan fingerprint density at radius 2 is 2.24 bits per heavy atom. The second-order valence-corrected chi connectivity index (χ2v) is 6.35. The number of aromatic amines is 1. The van der Waals surface area contributed by atoms with Gasteiger partial charge in [-0.25, -0.2) is 9.97 Å². The minimum Gasteiger partial charge on any atom is -0.340 e. The molecule has 2 heterocycles. The van der Waals surface area contributed by atoms with E-state index in [1.54, 1.807) is 18.5 Å². The average Bonchev–Trinajstić information content (AvgIpc) is 2.91. The molecule has 0 spiro atoms. The Morgan fingerprint density at radius 3 is 3.05 bits per heavy atom. The highest BCUT2D eigenvalue weighted by Crippen LogP contribution is 2.26. The lowest BCUT2D eigenvalue weighted by Crippen LogP contribution is -1.98. The molecule has 8 heteroatoms. The van der Waals surface area contributed by atoms with E-state index in [1.807, 2.05) is 12.1 Å². The Balaban J connectivity index is 1.94. The zero-order valence-corrected chi connectivity index (χ0v) is 12.7. The molecule has 0 saturated carbocycles. The molecular weight excluding hydrogens is 310 g/mol. The number of anilines is 2. The predicted molar refractivity (Wildman–Crippen MR) is 84.2 cm³/mol. The summed E-state index contributed by atoms with van der Waals surface area (Å²) in [7, 11) is -0.950. The fourth-order valence-electron chi connectivity index (χ4n) is 1.98. The Kier molecular flexibility index (Phi) is 3.85. The number of aromatic nitrogens is 4. The van der Waals surface area contributed by atoms with Crippen molar-refractivity contribution < 1.29 is 4.21 Å². The van der Waals surface area contributed by atoms with Crippen molar-refractivity contribution in [2.45, 2.75) is 5.75 Å². The molecule has 3 rings (SSSR count). The number of benzene rings is 1. The standard InChI is InChI=1S/C13H12ClN5OS/c1-21(20)6-8-4-9(2-3-11(8)14)18-12-10-5-17-19-13(10)16-7-15-12/h2-5,7H,6H2,1H3,(H2,15,16,17,18,19). The van der Waals surface area contributed by atoms with Crippen molar-refractivity contribution >= 4 is 44.9 Å². The molecule has 1 aromatic carbocycles. The fraction of sp³-hybridized carbons (Fsp3) is 0.154. The largest absolute Gasteiger partial charge is 0.340 e. The van der Waals surface area contributed by atoms with Crippen LogP contribution < -0.4 is 5.32 Å². The van der Waals surface area contributed by atoms with E-state index >= 15 is 0 Å². The van der Waals surface area contributed by atoms with Crippen LogP contribution in [0.1, 0.15) is 5.56 Å². The molecule has 2 N–H and O–H groups in total. The van der Waals surface area contributed by atoms with E-state index < -0.39 is 10.8 Å². The minimum absolute atomic E-state index is 0.416. The van der Waals surface area contributed by atoms with Gasteiger partial charge in [0.25, 0.3) is 0 Å². The molecule has 21 heavy (non-hydrogen) atoms. The van der Waals surface area contributed by atoms with Crippen LogP contribution in [0.5, 0.6) is 0 Å². The number of H-pyrrole nitrogens is 1. The quantitative estimate of drug-likeness (QED) is 0.771. The van der Waals surface area contributed by atoms with E-state index in [0.717, 1.165) is 16.6 Å². The monoisotopic (exact) mass is 321 g/mol. The number of nitrogens with zero attached hydrogens (tertiary/aromatic N) is 3. The van der Waals surface area contributed by atoms with E-state index in [0.29, 0.717) is 22.2 Å². The smallest absolute Gasteiger partial charge is 0.160 e. The van der Waals surface area contributed by atoms with Gasteiger partial charge < -0.3 is 5.32 Å². The molecule has 2 aromatic heterocycles. The van der Waals surface area contributed by atoms with Gasteiger partial charge >= 0.3 is 0 Å². The molecule has 3 aromatic rings. The first kappa shape index (κ1) is 14.0. The first-order valence-corrected chi connectivity index (χ1v) is 8.23. The highest BCUT2D eigenvalue weighted by molar-refractivity contribution is 7.83. The summed E-state index contributed by atoms with van der Waals surface area (Å²) in [5.74, 6) is 1.07. The summed E-state index contributed by atoms with van der Waals surface area (Å²) < 4.78 is 11.4. The lowest BCUT2D eigenvalue weighted by atomic mass is 10.2. The van der Waals surface area contributed by atoms with Crippen molar-refractivity contribution in [1.29, 1.82) is 0 Å². The van der Waals surface area contributed by atoms with Crippen LogP contribution in [0.3, 0.4) is 0 Å². The van der Waals surface area contributed by atoms with Gasteiger partial charge in [-0.15, -0.1) is 0 Å². The molecule has 1 unspecified atom stereocenters. The van der Waals surface area contributed by atoms with Gasteiger partial charge in [-0.2, -0.15) is 5.10 Å². The molecule has 0 aliphatic heterocycles. The van der Waals surface area contributed by atoms with Gasteiger partial charge in [0.15, 0.2) is 5.65 Å². The molecule has 0 amide bonds. The van der Waals surface area contributed by atoms with Gasteiger partial charge in [-0.1, -0.05) is 11.6 Å². The first-order valence-electron chi connectivity index (χ1n) is 6.13. The number of halogens is 1. The van der Waals surface area contributed by atoms with Crippen LogP contribution in [0.15, 0.2) is 30.7 Å². The number of fused-ring (bicyclic) bond motifs is 1. The third kappa shape index (κ3) is 3.03. The maximum absolute atomic E-state index is 11.4. The van der Waals surface area contributed by atoms with Gasteiger partial charge in [0.2, 0.25) is 0 Å². The molecule has 6 nitrogen and oxygen atoms in total. The van der Waals surface area contributed by atoms with Crippen LogP contribution in [0.2, 0.25) is 5.02 Å². The molecular formula is C13H12ClN5OS. The molecule has 1 atom stereocenters. The topological polar surface area (TPSA) is 83.6 Å². The van der Waals surface area contributed by atoms with Crippen LogP contribution in [-0.4, -0.2) is 30.6 Å². The summed E-state index contributed by atoms with van der Waals surface area (Å²) >= 11 is 6.12. The number of nitrogens with one attached hydrogen (secondary N) is 2. The van der Waals surface area contributed by atoms with Crippen molar-refractivity contribution in [1.82, 2.24) is 20.2 Å². The molecule has 0 bridgehead atoms. The third-order valence-corrected chi connectivity index (χ3v) is 4.00. The van der Waals surface area contributed by atoms with Crippen LogP contribution in [0, 0.1) is 0 Å². The maximum atomic E-state index is 11.4. The van der Waals surface area contributed by atoms with E-state index in [2.05, 4.69) is 25.5 Å². The van der Waals surface area contributed by atoms with E-state index in [4.69, 9.17) is 11.6 Å². The van der Waals surface area contributed by atoms with E-state index in [9.17, 15) is 4.21 Å². The summed E-state index contributed by atoms with van der Waals surface area (Å²) in [4.78, 5) is 8.30. The maximum Gasteiger partial charge on any atom is 0.160 e. The second kappa shape index (κ2) is 5.79. The normalized spacial score (nSPS) is 12.5. The molecule has 0 saturated heterocycles. The van der Waals surface area contributed by atoms with Crippen molar-refractivity contribution in [2.75, 3.05) is 11.6 Å². The number of rotatable bonds is 4. The molecule has 108 valence electrons. The lowest BCUT2D eigenvalue weighted by molar-refractivity contribution is 0.686. The van der Waals surface area contributed by atoms with Gasteiger partial charge in [0, 0.05) is 33.5 Å². The van der Waals surface area contributed by atoms with Crippen LogP contribution in [0.25, 0.3) is 11.0 Å². The molecule has 0 fully saturated rings. The predicted octanol–water partition coefficient (Wildman–Crippen LogP) is 2.63.